The van der Waals surface area contributed by atoms with Crippen molar-refractivity contribution in [2.24, 2.45) is 11.5 Å². The predicted molar refractivity (Wildman–Crippen MR) is 61.3 cm³/mol. The van der Waals surface area contributed by atoms with Gasteiger partial charge in [0.05, 0.1) is 11.1 Å². The second-order valence-electron chi connectivity index (χ2n) is 2.85. The molecule has 7 heteroatoms. The maximum Gasteiger partial charge on any atom is 0.411 e. The lowest BCUT2D eigenvalue weighted by Gasteiger charge is -2.07. The van der Waals surface area contributed by atoms with Gasteiger partial charge in [-0.15, -0.1) is 0 Å². The monoisotopic (exact) mass is 289 g/mol. The molecule has 16 heavy (non-hydrogen) atoms. The van der Waals surface area contributed by atoms with Gasteiger partial charge in [0.25, 0.3) is 0 Å². The molecule has 1 amide bonds. The Hall–Kier alpha value is -1.34. The number of nitrogens with zero attached hydrogens (tertiary/aromatic N) is 1. The van der Waals surface area contributed by atoms with E-state index in [9.17, 15) is 4.79 Å². The summed E-state index contributed by atoms with van der Waals surface area (Å²) in [4.78, 5) is 14.5. The fourth-order valence-corrected chi connectivity index (χ4v) is 1.26. The van der Waals surface area contributed by atoms with Crippen LogP contribution in [0.15, 0.2) is 16.6 Å². The first-order valence-electron chi connectivity index (χ1n) is 4.60. The molecule has 0 radical (unpaired) electrons. The Bertz CT molecular complexity index is 373. The molecule has 0 saturated carbocycles. The molecule has 0 aliphatic heterocycles. The molecule has 1 rings (SSSR count). The van der Waals surface area contributed by atoms with Crippen LogP contribution < -0.4 is 20.9 Å². The van der Waals surface area contributed by atoms with E-state index in [-0.39, 0.29) is 5.88 Å². The number of hydrogen-bond donors (Lipinski definition) is 2. The van der Waals surface area contributed by atoms with Crippen molar-refractivity contribution in [1.29, 1.82) is 0 Å². The number of rotatable bonds is 5. The molecule has 0 aliphatic carbocycles. The summed E-state index contributed by atoms with van der Waals surface area (Å²) in [6.07, 6.45) is -0.197. The van der Waals surface area contributed by atoms with Gasteiger partial charge < -0.3 is 20.9 Å². The maximum absolute atomic E-state index is 10.5. The van der Waals surface area contributed by atoms with E-state index < -0.39 is 6.09 Å². The molecule has 0 aromatic carbocycles. The Morgan fingerprint density at radius 2 is 2.25 bits per heavy atom. The normalized spacial score (nSPS) is 9.88. The number of amides is 1. The zero-order chi connectivity index (χ0) is 12.0. The predicted octanol–water partition coefficient (Wildman–Crippen LogP) is 1.03. The SMILES string of the molecule is NCCCOc1nc(OC(N)=O)ccc1Br. The van der Waals surface area contributed by atoms with Crippen molar-refractivity contribution in [3.8, 4) is 11.8 Å². The van der Waals surface area contributed by atoms with E-state index in [4.69, 9.17) is 16.2 Å². The summed E-state index contributed by atoms with van der Waals surface area (Å²) in [6.45, 7) is 0.983. The van der Waals surface area contributed by atoms with Gasteiger partial charge in [-0.1, -0.05) is 0 Å². The Balaban J connectivity index is 2.70. The number of carbonyl (C=O) groups excluding carboxylic acids is 1. The fourth-order valence-electron chi connectivity index (χ4n) is 0.920. The Morgan fingerprint density at radius 1 is 1.50 bits per heavy atom. The molecule has 4 N–H and O–H groups in total. The minimum atomic E-state index is -0.914. The van der Waals surface area contributed by atoms with Crippen molar-refractivity contribution in [2.75, 3.05) is 13.2 Å². The first kappa shape index (κ1) is 12.7. The summed E-state index contributed by atoms with van der Waals surface area (Å²) in [5.74, 6) is 0.436. The van der Waals surface area contributed by atoms with Gasteiger partial charge in [0.2, 0.25) is 11.8 Å². The summed E-state index contributed by atoms with van der Waals surface area (Å²) >= 11 is 3.26. The summed E-state index contributed by atoms with van der Waals surface area (Å²) < 4.78 is 10.6. The van der Waals surface area contributed by atoms with Crippen LogP contribution in [0, 0.1) is 0 Å². The first-order valence-corrected chi connectivity index (χ1v) is 5.39. The minimum absolute atomic E-state index is 0.0958. The van der Waals surface area contributed by atoms with Gasteiger partial charge in [-0.3, -0.25) is 0 Å². The second-order valence-corrected chi connectivity index (χ2v) is 3.70. The molecule has 0 saturated heterocycles. The number of hydrogen-bond acceptors (Lipinski definition) is 5. The number of halogens is 1. The molecular formula is C9H12BrN3O3. The average Bonchev–Trinajstić information content (AvgIpc) is 2.22. The van der Waals surface area contributed by atoms with Crippen molar-refractivity contribution >= 4 is 22.0 Å². The lowest BCUT2D eigenvalue weighted by atomic mass is 10.4. The highest BCUT2D eigenvalue weighted by atomic mass is 79.9. The van der Waals surface area contributed by atoms with Crippen LogP contribution in [0.4, 0.5) is 4.79 Å². The lowest BCUT2D eigenvalue weighted by molar-refractivity contribution is 0.208. The van der Waals surface area contributed by atoms with E-state index >= 15 is 0 Å². The van der Waals surface area contributed by atoms with Crippen molar-refractivity contribution in [1.82, 2.24) is 4.98 Å². The van der Waals surface area contributed by atoms with Crippen molar-refractivity contribution in [3.05, 3.63) is 16.6 Å². The van der Waals surface area contributed by atoms with Crippen LogP contribution in [-0.2, 0) is 0 Å². The number of nitrogens with two attached hydrogens (primary N) is 2. The molecule has 1 heterocycles. The smallest absolute Gasteiger partial charge is 0.411 e. The summed E-state index contributed by atoms with van der Waals surface area (Å²) in [5, 5.41) is 0. The standard InChI is InChI=1S/C9H12BrN3O3/c10-6-2-3-7(16-9(12)14)13-8(6)15-5-1-4-11/h2-3H,1,4-5,11H2,(H2,12,14). The molecule has 0 spiro atoms. The van der Waals surface area contributed by atoms with E-state index in [0.29, 0.717) is 23.5 Å². The zero-order valence-electron chi connectivity index (χ0n) is 8.48. The molecule has 0 fully saturated rings. The summed E-state index contributed by atoms with van der Waals surface area (Å²) in [7, 11) is 0. The van der Waals surface area contributed by atoms with Crippen molar-refractivity contribution in [3.63, 3.8) is 0 Å². The van der Waals surface area contributed by atoms with E-state index in [0.717, 1.165) is 6.42 Å². The van der Waals surface area contributed by atoms with E-state index in [1.807, 2.05) is 0 Å². The summed E-state index contributed by atoms with van der Waals surface area (Å²) in [5.41, 5.74) is 10.2. The van der Waals surface area contributed by atoms with Gasteiger partial charge in [0.1, 0.15) is 0 Å². The number of primary amides is 1. The molecule has 0 unspecified atom stereocenters. The van der Waals surface area contributed by atoms with E-state index in [2.05, 4.69) is 25.7 Å². The molecular weight excluding hydrogens is 278 g/mol. The highest BCUT2D eigenvalue weighted by Crippen LogP contribution is 2.25. The van der Waals surface area contributed by atoms with Gasteiger partial charge in [-0.05, 0) is 35.0 Å². The third-order valence-electron chi connectivity index (χ3n) is 1.58. The lowest BCUT2D eigenvalue weighted by Crippen LogP contribution is -2.17. The number of ether oxygens (including phenoxy) is 2. The average molecular weight is 290 g/mol. The van der Waals surface area contributed by atoms with Gasteiger partial charge in [-0.25, -0.2) is 4.79 Å². The topological polar surface area (TPSA) is 100 Å². The molecule has 88 valence electrons. The van der Waals surface area contributed by atoms with Crippen molar-refractivity contribution < 1.29 is 14.3 Å². The van der Waals surface area contributed by atoms with Crippen LogP contribution in [0.1, 0.15) is 6.42 Å². The Kier molecular flexibility index (Phi) is 5.00. The van der Waals surface area contributed by atoms with Gasteiger partial charge >= 0.3 is 6.09 Å². The van der Waals surface area contributed by atoms with E-state index in [1.165, 1.54) is 6.07 Å². The van der Waals surface area contributed by atoms with E-state index in [1.54, 1.807) is 6.07 Å². The van der Waals surface area contributed by atoms with Gasteiger partial charge in [-0.2, -0.15) is 4.98 Å². The number of carbonyl (C=O) groups is 1. The largest absolute Gasteiger partial charge is 0.477 e. The molecule has 6 nitrogen and oxygen atoms in total. The third-order valence-corrected chi connectivity index (χ3v) is 2.18. The molecule has 0 atom stereocenters. The van der Waals surface area contributed by atoms with Crippen molar-refractivity contribution in [2.45, 2.75) is 6.42 Å². The highest BCUT2D eigenvalue weighted by molar-refractivity contribution is 9.10. The first-order chi connectivity index (χ1) is 7.63. The molecule has 0 bridgehead atoms. The molecule has 0 aliphatic rings. The van der Waals surface area contributed by atoms with Crippen LogP contribution in [-0.4, -0.2) is 24.2 Å². The maximum atomic E-state index is 10.5. The quantitative estimate of drug-likeness (QED) is 0.789. The van der Waals surface area contributed by atoms with Crippen LogP contribution in [0.5, 0.6) is 11.8 Å². The second kappa shape index (κ2) is 6.29. The Labute approximate surface area is 101 Å². The Morgan fingerprint density at radius 3 is 2.88 bits per heavy atom. The van der Waals surface area contributed by atoms with Gasteiger partial charge in [0, 0.05) is 6.07 Å². The van der Waals surface area contributed by atoms with Crippen LogP contribution >= 0.6 is 15.9 Å². The summed E-state index contributed by atoms with van der Waals surface area (Å²) in [6, 6.07) is 3.16. The van der Waals surface area contributed by atoms with Gasteiger partial charge in [0.15, 0.2) is 0 Å². The fraction of sp³-hybridized carbons (Fsp3) is 0.333. The minimum Gasteiger partial charge on any atom is -0.477 e. The van der Waals surface area contributed by atoms with Crippen LogP contribution in [0.3, 0.4) is 0 Å². The third kappa shape index (κ3) is 4.03. The number of aromatic nitrogens is 1. The number of pyridine rings is 1. The van der Waals surface area contributed by atoms with Crippen LogP contribution in [0.2, 0.25) is 0 Å². The molecule has 1 aromatic rings. The van der Waals surface area contributed by atoms with Crippen LogP contribution in [0.25, 0.3) is 0 Å². The zero-order valence-corrected chi connectivity index (χ0v) is 10.1. The highest BCUT2D eigenvalue weighted by Gasteiger charge is 2.07. The molecule has 1 aromatic heterocycles.